The highest BCUT2D eigenvalue weighted by Gasteiger charge is 2.17. The lowest BCUT2D eigenvalue weighted by Gasteiger charge is -2.15. The van der Waals surface area contributed by atoms with Gasteiger partial charge in [-0.2, -0.15) is 0 Å². The molecule has 1 heterocycles. The SMILES string of the molecule is C[C@H](Cn1ccnc1)NC(=O)c1ccc(S(=O)(=O)Nc2ccccc2F)cc1. The predicted molar refractivity (Wildman–Crippen MR) is 103 cm³/mol. The topological polar surface area (TPSA) is 93.1 Å². The summed E-state index contributed by atoms with van der Waals surface area (Å²) in [6.07, 6.45) is 5.11. The van der Waals surface area contributed by atoms with Crippen LogP contribution in [0.25, 0.3) is 0 Å². The Balaban J connectivity index is 1.66. The number of sulfonamides is 1. The van der Waals surface area contributed by atoms with Crippen LogP contribution in [0.3, 0.4) is 0 Å². The summed E-state index contributed by atoms with van der Waals surface area (Å²) < 4.78 is 42.5. The number of rotatable bonds is 7. The molecule has 0 spiro atoms. The molecular formula is C19H19FN4O3S. The van der Waals surface area contributed by atoms with Gasteiger partial charge in [-0.15, -0.1) is 0 Å². The van der Waals surface area contributed by atoms with Crippen molar-refractivity contribution in [3.63, 3.8) is 0 Å². The van der Waals surface area contributed by atoms with E-state index in [1.807, 2.05) is 11.5 Å². The fourth-order valence-corrected chi connectivity index (χ4v) is 3.66. The average Bonchev–Trinajstić information content (AvgIpc) is 3.16. The van der Waals surface area contributed by atoms with E-state index in [1.54, 1.807) is 18.7 Å². The Morgan fingerprint density at radius 3 is 2.54 bits per heavy atom. The number of hydrogen-bond acceptors (Lipinski definition) is 4. The quantitative estimate of drug-likeness (QED) is 0.635. The first-order valence-electron chi connectivity index (χ1n) is 8.49. The third kappa shape index (κ3) is 4.74. The molecule has 0 fully saturated rings. The maximum atomic E-state index is 13.7. The molecule has 1 amide bonds. The summed E-state index contributed by atoms with van der Waals surface area (Å²) in [6, 6.07) is 10.8. The lowest BCUT2D eigenvalue weighted by atomic mass is 10.2. The third-order valence-electron chi connectivity index (χ3n) is 3.97. The summed E-state index contributed by atoms with van der Waals surface area (Å²) in [5.41, 5.74) is 0.181. The zero-order valence-electron chi connectivity index (χ0n) is 15.0. The number of amides is 1. The molecular weight excluding hydrogens is 383 g/mol. The van der Waals surface area contributed by atoms with Gasteiger partial charge in [0.05, 0.1) is 16.9 Å². The van der Waals surface area contributed by atoms with Crippen molar-refractivity contribution in [3.8, 4) is 0 Å². The maximum absolute atomic E-state index is 13.7. The Bertz CT molecular complexity index is 1050. The number of hydrogen-bond donors (Lipinski definition) is 2. The number of benzene rings is 2. The molecule has 146 valence electrons. The predicted octanol–water partition coefficient (Wildman–Crippen LogP) is 2.64. The minimum absolute atomic E-state index is 0.0706. The van der Waals surface area contributed by atoms with Gasteiger partial charge in [-0.3, -0.25) is 9.52 Å². The normalized spacial score (nSPS) is 12.4. The van der Waals surface area contributed by atoms with E-state index < -0.39 is 15.8 Å². The van der Waals surface area contributed by atoms with E-state index in [9.17, 15) is 17.6 Å². The van der Waals surface area contributed by atoms with Crippen LogP contribution in [0.5, 0.6) is 0 Å². The second-order valence-electron chi connectivity index (χ2n) is 6.24. The van der Waals surface area contributed by atoms with Crippen LogP contribution in [0.4, 0.5) is 10.1 Å². The molecule has 3 rings (SSSR count). The standard InChI is InChI=1S/C19H19FN4O3S/c1-14(12-24-11-10-21-13-24)22-19(25)15-6-8-16(9-7-15)28(26,27)23-18-5-3-2-4-17(18)20/h2-11,13-14,23H,12H2,1H3,(H,22,25)/t14-/m1/s1. The van der Waals surface area contributed by atoms with E-state index in [0.717, 1.165) is 6.07 Å². The van der Waals surface area contributed by atoms with Crippen LogP contribution in [-0.2, 0) is 16.6 Å². The molecule has 1 atom stereocenters. The summed E-state index contributed by atoms with van der Waals surface area (Å²) in [4.78, 5) is 16.2. The average molecular weight is 402 g/mol. The van der Waals surface area contributed by atoms with E-state index in [2.05, 4.69) is 15.0 Å². The van der Waals surface area contributed by atoms with Crippen LogP contribution < -0.4 is 10.0 Å². The van der Waals surface area contributed by atoms with Gasteiger partial charge in [0.15, 0.2) is 0 Å². The lowest BCUT2D eigenvalue weighted by Crippen LogP contribution is -2.35. The highest BCUT2D eigenvalue weighted by Crippen LogP contribution is 2.19. The molecule has 28 heavy (non-hydrogen) atoms. The number of nitrogens with zero attached hydrogens (tertiary/aromatic N) is 2. The van der Waals surface area contributed by atoms with E-state index in [1.165, 1.54) is 42.5 Å². The fraction of sp³-hybridized carbons (Fsp3) is 0.158. The zero-order chi connectivity index (χ0) is 20.1. The molecule has 0 aliphatic carbocycles. The van der Waals surface area contributed by atoms with Crippen molar-refractivity contribution in [2.75, 3.05) is 4.72 Å². The summed E-state index contributed by atoms with van der Waals surface area (Å²) >= 11 is 0. The minimum Gasteiger partial charge on any atom is -0.348 e. The van der Waals surface area contributed by atoms with Crippen molar-refractivity contribution < 1.29 is 17.6 Å². The number of aromatic nitrogens is 2. The van der Waals surface area contributed by atoms with Crippen molar-refractivity contribution in [1.82, 2.24) is 14.9 Å². The highest BCUT2D eigenvalue weighted by atomic mass is 32.2. The molecule has 2 N–H and O–H groups in total. The minimum atomic E-state index is -3.97. The Kier molecular flexibility index (Phi) is 5.74. The van der Waals surface area contributed by atoms with E-state index in [-0.39, 0.29) is 22.5 Å². The lowest BCUT2D eigenvalue weighted by molar-refractivity contribution is 0.0936. The van der Waals surface area contributed by atoms with Gasteiger partial charge >= 0.3 is 0 Å². The first-order valence-corrected chi connectivity index (χ1v) is 9.97. The number of carbonyl (C=O) groups excluding carboxylic acids is 1. The van der Waals surface area contributed by atoms with Crippen LogP contribution in [0.15, 0.2) is 72.1 Å². The molecule has 0 saturated carbocycles. The Morgan fingerprint density at radius 2 is 1.89 bits per heavy atom. The van der Waals surface area contributed by atoms with Crippen LogP contribution in [0.1, 0.15) is 17.3 Å². The number of nitrogens with one attached hydrogen (secondary N) is 2. The number of para-hydroxylation sites is 1. The second-order valence-corrected chi connectivity index (χ2v) is 7.93. The molecule has 0 bridgehead atoms. The van der Waals surface area contributed by atoms with Gasteiger partial charge in [-0.25, -0.2) is 17.8 Å². The second kappa shape index (κ2) is 8.22. The molecule has 0 aliphatic rings. The van der Waals surface area contributed by atoms with Crippen molar-refractivity contribution in [2.45, 2.75) is 24.4 Å². The molecule has 1 aromatic heterocycles. The van der Waals surface area contributed by atoms with E-state index >= 15 is 0 Å². The first kappa shape index (κ1) is 19.6. The van der Waals surface area contributed by atoms with Crippen LogP contribution in [-0.4, -0.2) is 29.9 Å². The summed E-state index contributed by atoms with van der Waals surface area (Å²) in [5.74, 6) is -0.993. The molecule has 3 aromatic rings. The summed E-state index contributed by atoms with van der Waals surface area (Å²) in [7, 11) is -3.97. The number of anilines is 1. The highest BCUT2D eigenvalue weighted by molar-refractivity contribution is 7.92. The Labute approximate surface area is 162 Å². The Morgan fingerprint density at radius 1 is 1.18 bits per heavy atom. The first-order chi connectivity index (χ1) is 13.3. The molecule has 0 radical (unpaired) electrons. The van der Waals surface area contributed by atoms with Gasteiger partial charge in [0, 0.05) is 30.5 Å². The molecule has 7 nitrogen and oxygen atoms in total. The molecule has 0 unspecified atom stereocenters. The van der Waals surface area contributed by atoms with Crippen LogP contribution in [0, 0.1) is 5.82 Å². The van der Waals surface area contributed by atoms with Crippen molar-refractivity contribution in [3.05, 3.63) is 78.6 Å². The van der Waals surface area contributed by atoms with Crippen molar-refractivity contribution >= 4 is 21.6 Å². The molecule has 0 saturated heterocycles. The molecule has 9 heteroatoms. The number of halogens is 1. The fourth-order valence-electron chi connectivity index (χ4n) is 2.60. The van der Waals surface area contributed by atoms with Gasteiger partial charge in [0.25, 0.3) is 15.9 Å². The van der Waals surface area contributed by atoms with Crippen LogP contribution in [0.2, 0.25) is 0 Å². The third-order valence-corrected chi connectivity index (χ3v) is 5.35. The van der Waals surface area contributed by atoms with Gasteiger partial charge in [-0.05, 0) is 43.3 Å². The van der Waals surface area contributed by atoms with Gasteiger partial charge < -0.3 is 9.88 Å². The Hall–Kier alpha value is -3.20. The molecule has 0 aliphatic heterocycles. The van der Waals surface area contributed by atoms with Gasteiger partial charge in [-0.1, -0.05) is 12.1 Å². The summed E-state index contributed by atoms with van der Waals surface area (Å²) in [5, 5.41) is 2.84. The van der Waals surface area contributed by atoms with Crippen LogP contribution >= 0.6 is 0 Å². The van der Waals surface area contributed by atoms with Gasteiger partial charge in [0.2, 0.25) is 0 Å². The van der Waals surface area contributed by atoms with Crippen molar-refractivity contribution in [2.24, 2.45) is 0 Å². The maximum Gasteiger partial charge on any atom is 0.261 e. The largest absolute Gasteiger partial charge is 0.348 e. The molecule has 2 aromatic carbocycles. The van der Waals surface area contributed by atoms with E-state index in [4.69, 9.17) is 0 Å². The summed E-state index contributed by atoms with van der Waals surface area (Å²) in [6.45, 7) is 2.42. The van der Waals surface area contributed by atoms with Crippen molar-refractivity contribution in [1.29, 1.82) is 0 Å². The van der Waals surface area contributed by atoms with E-state index in [0.29, 0.717) is 12.1 Å². The smallest absolute Gasteiger partial charge is 0.261 e. The number of carbonyl (C=O) groups is 1. The monoisotopic (exact) mass is 402 g/mol. The zero-order valence-corrected chi connectivity index (χ0v) is 15.9. The van der Waals surface area contributed by atoms with Gasteiger partial charge in [0.1, 0.15) is 5.82 Å². The number of imidazole rings is 1.